The van der Waals surface area contributed by atoms with Crippen LogP contribution >= 0.6 is 11.3 Å². The minimum absolute atomic E-state index is 0.0153. The third-order valence-electron chi connectivity index (χ3n) is 4.92. The Kier molecular flexibility index (Phi) is 4.98. The number of hydrogen-bond acceptors (Lipinski definition) is 6. The van der Waals surface area contributed by atoms with Gasteiger partial charge in [-0.2, -0.15) is 0 Å². The molecule has 2 aliphatic rings. The fourth-order valence-electron chi connectivity index (χ4n) is 3.54. The van der Waals surface area contributed by atoms with E-state index in [4.69, 9.17) is 14.6 Å². The molecule has 2 aliphatic heterocycles. The van der Waals surface area contributed by atoms with Crippen LogP contribution in [0.5, 0.6) is 11.5 Å². The van der Waals surface area contributed by atoms with Crippen molar-refractivity contribution in [2.45, 2.75) is 38.1 Å². The second-order valence-electron chi connectivity index (χ2n) is 6.68. The molecule has 4 rings (SSSR count). The number of carboxylic acid groups (broad SMARTS) is 1. The number of benzene rings is 1. The van der Waals surface area contributed by atoms with Gasteiger partial charge in [0, 0.05) is 24.6 Å². The summed E-state index contributed by atoms with van der Waals surface area (Å²) in [6, 6.07) is 5.59. The van der Waals surface area contributed by atoms with Gasteiger partial charge in [-0.3, -0.25) is 9.59 Å². The maximum atomic E-state index is 13.0. The Bertz CT molecular complexity index is 866. The van der Waals surface area contributed by atoms with Crippen molar-refractivity contribution in [3.05, 3.63) is 29.3 Å². The van der Waals surface area contributed by atoms with E-state index >= 15 is 0 Å². The minimum atomic E-state index is -0.823. The van der Waals surface area contributed by atoms with Gasteiger partial charge in [0.15, 0.2) is 11.5 Å². The van der Waals surface area contributed by atoms with Crippen LogP contribution in [0.15, 0.2) is 24.4 Å². The van der Waals surface area contributed by atoms with Crippen LogP contribution in [-0.2, 0) is 4.79 Å². The molecule has 142 valence electrons. The number of piperidine rings is 1. The van der Waals surface area contributed by atoms with Gasteiger partial charge in [0.1, 0.15) is 9.88 Å². The van der Waals surface area contributed by atoms with Gasteiger partial charge < -0.3 is 19.5 Å². The Labute approximate surface area is 160 Å². The first kappa shape index (κ1) is 17.8. The van der Waals surface area contributed by atoms with Crippen molar-refractivity contribution in [1.82, 2.24) is 9.88 Å². The predicted octanol–water partition coefficient (Wildman–Crippen LogP) is 3.40. The Morgan fingerprint density at radius 2 is 2.11 bits per heavy atom. The number of carbonyl (C=O) groups is 2. The third-order valence-corrected chi connectivity index (χ3v) is 5.95. The van der Waals surface area contributed by atoms with Gasteiger partial charge in [0.2, 0.25) is 6.79 Å². The average Bonchev–Trinajstić information content (AvgIpc) is 3.34. The molecule has 8 heteroatoms. The van der Waals surface area contributed by atoms with Crippen molar-refractivity contribution in [1.29, 1.82) is 0 Å². The zero-order valence-electron chi connectivity index (χ0n) is 14.7. The predicted molar refractivity (Wildman–Crippen MR) is 99.2 cm³/mol. The second-order valence-corrected chi connectivity index (χ2v) is 7.71. The van der Waals surface area contributed by atoms with Gasteiger partial charge in [0.05, 0.1) is 6.20 Å². The molecule has 7 nitrogen and oxygen atoms in total. The number of carbonyl (C=O) groups excluding carboxylic acids is 1. The maximum absolute atomic E-state index is 13.0. The van der Waals surface area contributed by atoms with E-state index in [2.05, 4.69) is 4.98 Å². The number of nitrogens with zero attached hydrogens (tertiary/aromatic N) is 2. The molecule has 1 fully saturated rings. The Morgan fingerprint density at radius 3 is 2.96 bits per heavy atom. The van der Waals surface area contributed by atoms with Gasteiger partial charge in [0.25, 0.3) is 5.91 Å². The average molecular weight is 388 g/mol. The zero-order valence-corrected chi connectivity index (χ0v) is 15.5. The monoisotopic (exact) mass is 388 g/mol. The Balaban J connectivity index is 1.51. The van der Waals surface area contributed by atoms with Crippen molar-refractivity contribution in [2.75, 3.05) is 13.3 Å². The summed E-state index contributed by atoms with van der Waals surface area (Å²) in [5, 5.41) is 9.70. The first-order valence-corrected chi connectivity index (χ1v) is 9.82. The largest absolute Gasteiger partial charge is 0.481 e. The molecular weight excluding hydrogens is 368 g/mol. The lowest BCUT2D eigenvalue weighted by molar-refractivity contribution is -0.137. The highest BCUT2D eigenvalue weighted by atomic mass is 32.1. The summed E-state index contributed by atoms with van der Waals surface area (Å²) < 4.78 is 10.7. The van der Waals surface area contributed by atoms with Gasteiger partial charge in [-0.25, -0.2) is 4.98 Å². The van der Waals surface area contributed by atoms with Crippen LogP contribution < -0.4 is 9.47 Å². The summed E-state index contributed by atoms with van der Waals surface area (Å²) >= 11 is 1.34. The SMILES string of the molecule is O=C(O)CCC1CCCCN1C(=O)c1cnc(-c2ccc3c(c2)OCO3)s1. The van der Waals surface area contributed by atoms with Gasteiger partial charge in [-0.05, 0) is 43.9 Å². The summed E-state index contributed by atoms with van der Waals surface area (Å²) in [6.45, 7) is 0.882. The molecule has 0 radical (unpaired) electrons. The molecule has 2 aromatic rings. The van der Waals surface area contributed by atoms with E-state index in [1.165, 1.54) is 11.3 Å². The van der Waals surface area contributed by atoms with Crippen LogP contribution in [-0.4, -0.2) is 46.2 Å². The van der Waals surface area contributed by atoms with E-state index in [0.29, 0.717) is 29.3 Å². The van der Waals surface area contributed by atoms with Crippen molar-refractivity contribution < 1.29 is 24.2 Å². The molecule has 0 aliphatic carbocycles. The quantitative estimate of drug-likeness (QED) is 0.844. The third kappa shape index (κ3) is 3.75. The number of aliphatic carboxylic acids is 1. The van der Waals surface area contributed by atoms with Crippen molar-refractivity contribution in [2.24, 2.45) is 0 Å². The molecule has 1 unspecified atom stereocenters. The van der Waals surface area contributed by atoms with E-state index in [1.807, 2.05) is 23.1 Å². The smallest absolute Gasteiger partial charge is 0.303 e. The van der Waals surface area contributed by atoms with Gasteiger partial charge in [-0.15, -0.1) is 11.3 Å². The van der Waals surface area contributed by atoms with Crippen LogP contribution in [0.3, 0.4) is 0 Å². The number of aromatic nitrogens is 1. The molecule has 0 spiro atoms. The fraction of sp³-hybridized carbons (Fsp3) is 0.421. The molecule has 27 heavy (non-hydrogen) atoms. The highest BCUT2D eigenvalue weighted by molar-refractivity contribution is 7.16. The highest BCUT2D eigenvalue weighted by Crippen LogP contribution is 2.37. The number of hydrogen-bond donors (Lipinski definition) is 1. The number of ether oxygens (including phenoxy) is 2. The van der Waals surface area contributed by atoms with E-state index in [0.717, 1.165) is 29.8 Å². The lowest BCUT2D eigenvalue weighted by Gasteiger charge is -2.35. The molecule has 1 saturated heterocycles. The number of fused-ring (bicyclic) bond motifs is 1. The normalized spacial score (nSPS) is 18.5. The topological polar surface area (TPSA) is 89.0 Å². The van der Waals surface area contributed by atoms with Crippen LogP contribution in [0, 0.1) is 0 Å². The van der Waals surface area contributed by atoms with Crippen LogP contribution in [0.1, 0.15) is 41.8 Å². The standard InChI is InChI=1S/C19H20N2O5S/c22-17(23)7-5-13-3-1-2-8-21(13)19(24)16-10-20-18(27-16)12-4-6-14-15(9-12)26-11-25-14/h4,6,9-10,13H,1-3,5,7-8,11H2,(H,22,23). The summed E-state index contributed by atoms with van der Waals surface area (Å²) in [6.07, 6.45) is 5.01. The number of likely N-dealkylation sites (tertiary alicyclic amines) is 1. The van der Waals surface area contributed by atoms with Crippen LogP contribution in [0.25, 0.3) is 10.6 Å². The first-order chi connectivity index (χ1) is 13.1. The Hall–Kier alpha value is -2.61. The molecule has 1 aromatic carbocycles. The summed E-state index contributed by atoms with van der Waals surface area (Å²) in [5.41, 5.74) is 0.879. The van der Waals surface area contributed by atoms with Gasteiger partial charge in [-0.1, -0.05) is 0 Å². The minimum Gasteiger partial charge on any atom is -0.481 e. The molecule has 1 amide bonds. The molecule has 1 aromatic heterocycles. The second kappa shape index (κ2) is 7.56. The molecule has 1 atom stereocenters. The Morgan fingerprint density at radius 1 is 1.26 bits per heavy atom. The van der Waals surface area contributed by atoms with E-state index < -0.39 is 5.97 Å². The maximum Gasteiger partial charge on any atom is 0.303 e. The number of rotatable bonds is 5. The van der Waals surface area contributed by atoms with Crippen LogP contribution in [0.2, 0.25) is 0 Å². The van der Waals surface area contributed by atoms with Crippen LogP contribution in [0.4, 0.5) is 0 Å². The lowest BCUT2D eigenvalue weighted by Crippen LogP contribution is -2.43. The number of carboxylic acids is 1. The highest BCUT2D eigenvalue weighted by Gasteiger charge is 2.29. The molecule has 1 N–H and O–H groups in total. The molecule has 0 saturated carbocycles. The number of amides is 1. The number of thiazole rings is 1. The van der Waals surface area contributed by atoms with Crippen molar-refractivity contribution >= 4 is 23.2 Å². The molecule has 3 heterocycles. The zero-order chi connectivity index (χ0) is 18.8. The molecular formula is C19H20N2O5S. The van der Waals surface area contributed by atoms with E-state index in [9.17, 15) is 9.59 Å². The fourth-order valence-corrected chi connectivity index (χ4v) is 4.40. The first-order valence-electron chi connectivity index (χ1n) is 9.00. The molecule has 0 bridgehead atoms. The lowest BCUT2D eigenvalue weighted by atomic mass is 9.97. The summed E-state index contributed by atoms with van der Waals surface area (Å²) in [7, 11) is 0. The summed E-state index contributed by atoms with van der Waals surface area (Å²) in [5.74, 6) is 0.506. The van der Waals surface area contributed by atoms with E-state index in [-0.39, 0.29) is 25.2 Å². The van der Waals surface area contributed by atoms with Crippen molar-refractivity contribution in [3.8, 4) is 22.1 Å². The summed E-state index contributed by atoms with van der Waals surface area (Å²) in [4.78, 5) is 30.7. The van der Waals surface area contributed by atoms with Crippen molar-refractivity contribution in [3.63, 3.8) is 0 Å². The van der Waals surface area contributed by atoms with Gasteiger partial charge >= 0.3 is 5.97 Å². The van der Waals surface area contributed by atoms with E-state index in [1.54, 1.807) is 6.20 Å².